The quantitative estimate of drug-likeness (QED) is 0.290. The molecule has 0 rings (SSSR count). The van der Waals surface area contributed by atoms with Crippen LogP contribution in [0.3, 0.4) is 0 Å². The molecule has 0 heterocycles. The van der Waals surface area contributed by atoms with Gasteiger partial charge in [-0.15, -0.1) is 0 Å². The van der Waals surface area contributed by atoms with Crippen LogP contribution in [0.5, 0.6) is 0 Å². The Hall–Kier alpha value is -1.39. The van der Waals surface area contributed by atoms with Crippen LogP contribution < -0.4 is 0 Å². The molecule has 0 radical (unpaired) electrons. The first-order chi connectivity index (χ1) is 5.00. The van der Waals surface area contributed by atoms with E-state index < -0.39 is 4.92 Å². The van der Waals surface area contributed by atoms with E-state index in [1.807, 2.05) is 0 Å². The molecule has 0 unspecified atom stereocenters. The van der Waals surface area contributed by atoms with E-state index in [0.29, 0.717) is 0 Å². The number of hydrogen-bond donors (Lipinski definition) is 1. The summed E-state index contributed by atoms with van der Waals surface area (Å²) in [7, 11) is 1.34. The molecular weight excluding hydrogens is 148 g/mol. The molecule has 0 aromatic carbocycles. The molecule has 0 spiro atoms. The normalized spacial score (nSPS) is 11.9. The van der Waals surface area contributed by atoms with E-state index in [9.17, 15) is 10.1 Å². The molecular formula is C6H10N2O3. The average Bonchev–Trinajstić information content (AvgIpc) is 1.85. The fourth-order valence-corrected chi connectivity index (χ4v) is 0.626. The van der Waals surface area contributed by atoms with Gasteiger partial charge in [0.2, 0.25) is 0 Å². The largest absolute Gasteiger partial charge is 0.494 e. The van der Waals surface area contributed by atoms with Crippen LogP contribution in [0, 0.1) is 15.5 Å². The van der Waals surface area contributed by atoms with Crippen molar-refractivity contribution in [2.75, 3.05) is 7.11 Å². The third-order valence-corrected chi connectivity index (χ3v) is 1.18. The maximum Gasteiger partial charge on any atom is 0.326 e. The van der Waals surface area contributed by atoms with Gasteiger partial charge in [-0.05, 0) is 6.92 Å². The van der Waals surface area contributed by atoms with E-state index in [1.165, 1.54) is 21.0 Å². The Morgan fingerprint density at radius 3 is 2.09 bits per heavy atom. The van der Waals surface area contributed by atoms with Gasteiger partial charge in [0.05, 0.1) is 12.0 Å². The van der Waals surface area contributed by atoms with Crippen LogP contribution in [0.1, 0.15) is 13.8 Å². The number of methoxy groups -OCH3 is 1. The summed E-state index contributed by atoms with van der Waals surface area (Å²) in [5.74, 6) is 0.155. The van der Waals surface area contributed by atoms with Gasteiger partial charge in [0.1, 0.15) is 5.71 Å². The fourth-order valence-electron chi connectivity index (χ4n) is 0.626. The number of rotatable bonds is 3. The maximum atomic E-state index is 10.3. The topological polar surface area (TPSA) is 76.2 Å². The Kier molecular flexibility index (Phi) is 3.23. The van der Waals surface area contributed by atoms with Gasteiger partial charge < -0.3 is 4.74 Å². The summed E-state index contributed by atoms with van der Waals surface area (Å²) in [5.41, 5.74) is -0.373. The van der Waals surface area contributed by atoms with Crippen molar-refractivity contribution in [2.24, 2.45) is 0 Å². The Labute approximate surface area is 64.3 Å². The third-order valence-electron chi connectivity index (χ3n) is 1.18. The minimum Gasteiger partial charge on any atom is -0.494 e. The number of allylic oxidation sites excluding steroid dienone is 2. The second-order valence-electron chi connectivity index (χ2n) is 1.99. The zero-order chi connectivity index (χ0) is 9.02. The summed E-state index contributed by atoms with van der Waals surface area (Å²) in [6.45, 7) is 2.80. The molecule has 0 aliphatic heterocycles. The zero-order valence-electron chi connectivity index (χ0n) is 6.67. The van der Waals surface area contributed by atoms with Crippen molar-refractivity contribution >= 4 is 5.71 Å². The lowest BCUT2D eigenvalue weighted by atomic mass is 10.3. The highest BCUT2D eigenvalue weighted by atomic mass is 16.6. The third kappa shape index (κ3) is 2.37. The summed E-state index contributed by atoms with van der Waals surface area (Å²) in [6, 6.07) is 0. The predicted octanol–water partition coefficient (Wildman–Crippen LogP) is 1.18. The van der Waals surface area contributed by atoms with Crippen LogP contribution in [0.25, 0.3) is 0 Å². The molecule has 0 aromatic heterocycles. The SMILES string of the molecule is CO/C(C)=C(\C(C)=N)[N+](=O)[O-]. The Balaban J connectivity index is 4.88. The molecule has 0 amide bonds. The fraction of sp³-hybridized carbons (Fsp3) is 0.500. The lowest BCUT2D eigenvalue weighted by Crippen LogP contribution is -2.10. The molecule has 5 nitrogen and oxygen atoms in total. The van der Waals surface area contributed by atoms with Crippen LogP contribution in [-0.2, 0) is 4.74 Å². The van der Waals surface area contributed by atoms with Gasteiger partial charge in [-0.2, -0.15) is 0 Å². The predicted molar refractivity (Wildman–Crippen MR) is 40.1 cm³/mol. The Morgan fingerprint density at radius 1 is 1.55 bits per heavy atom. The first-order valence-corrected chi connectivity index (χ1v) is 2.95. The summed E-state index contributed by atoms with van der Waals surface area (Å²) in [4.78, 5) is 9.64. The van der Waals surface area contributed by atoms with Gasteiger partial charge in [0.15, 0.2) is 5.76 Å². The van der Waals surface area contributed by atoms with Gasteiger partial charge in [-0.1, -0.05) is 0 Å². The number of hydrogen-bond acceptors (Lipinski definition) is 4. The molecule has 0 saturated carbocycles. The van der Waals surface area contributed by atoms with Crippen LogP contribution in [0.15, 0.2) is 11.5 Å². The molecule has 1 N–H and O–H groups in total. The van der Waals surface area contributed by atoms with Crippen molar-refractivity contribution < 1.29 is 9.66 Å². The molecule has 0 aliphatic carbocycles. The Morgan fingerprint density at radius 2 is 2.00 bits per heavy atom. The smallest absolute Gasteiger partial charge is 0.326 e. The molecule has 0 bridgehead atoms. The summed E-state index contributed by atoms with van der Waals surface area (Å²) >= 11 is 0. The first-order valence-electron chi connectivity index (χ1n) is 2.95. The first kappa shape index (κ1) is 9.61. The molecule has 5 heteroatoms. The molecule has 0 aliphatic rings. The monoisotopic (exact) mass is 158 g/mol. The number of ether oxygens (including phenoxy) is 1. The van der Waals surface area contributed by atoms with E-state index in [1.54, 1.807) is 0 Å². The highest BCUT2D eigenvalue weighted by Gasteiger charge is 2.18. The molecule has 0 atom stereocenters. The van der Waals surface area contributed by atoms with E-state index in [4.69, 9.17) is 5.41 Å². The van der Waals surface area contributed by atoms with Gasteiger partial charge in [-0.3, -0.25) is 15.5 Å². The van der Waals surface area contributed by atoms with Crippen molar-refractivity contribution in [1.82, 2.24) is 0 Å². The van der Waals surface area contributed by atoms with Crippen LogP contribution in [0.2, 0.25) is 0 Å². The molecule has 62 valence electrons. The lowest BCUT2D eigenvalue weighted by Gasteiger charge is -2.00. The zero-order valence-corrected chi connectivity index (χ0v) is 6.67. The number of nitrogens with zero attached hydrogens (tertiary/aromatic N) is 1. The van der Waals surface area contributed by atoms with E-state index in [-0.39, 0.29) is 17.2 Å². The number of nitro groups is 1. The highest BCUT2D eigenvalue weighted by Crippen LogP contribution is 2.06. The Bertz CT molecular complexity index is 204. The second kappa shape index (κ2) is 3.70. The van der Waals surface area contributed by atoms with Crippen molar-refractivity contribution in [3.63, 3.8) is 0 Å². The van der Waals surface area contributed by atoms with Crippen LogP contribution >= 0.6 is 0 Å². The van der Waals surface area contributed by atoms with Crippen molar-refractivity contribution in [2.45, 2.75) is 13.8 Å². The molecule has 0 fully saturated rings. The maximum absolute atomic E-state index is 10.3. The summed E-state index contributed by atoms with van der Waals surface area (Å²) < 4.78 is 4.63. The van der Waals surface area contributed by atoms with E-state index >= 15 is 0 Å². The minimum atomic E-state index is -0.624. The van der Waals surface area contributed by atoms with E-state index in [2.05, 4.69) is 4.74 Å². The van der Waals surface area contributed by atoms with Crippen molar-refractivity contribution in [3.05, 3.63) is 21.6 Å². The van der Waals surface area contributed by atoms with Crippen molar-refractivity contribution in [3.8, 4) is 0 Å². The van der Waals surface area contributed by atoms with Gasteiger partial charge in [-0.25, -0.2) is 0 Å². The summed E-state index contributed by atoms with van der Waals surface area (Å²) in [6.07, 6.45) is 0. The average molecular weight is 158 g/mol. The highest BCUT2D eigenvalue weighted by molar-refractivity contribution is 5.93. The lowest BCUT2D eigenvalue weighted by molar-refractivity contribution is -0.418. The van der Waals surface area contributed by atoms with Crippen LogP contribution in [0.4, 0.5) is 0 Å². The standard InChI is InChI=1S/C6H10N2O3/c1-4(7)6(8(9)10)5(2)11-3/h7H,1-3H3/b6-5+,7-4?. The van der Waals surface area contributed by atoms with Crippen molar-refractivity contribution in [1.29, 1.82) is 5.41 Å². The summed E-state index contributed by atoms with van der Waals surface area (Å²) in [5, 5.41) is 17.3. The number of nitrogens with one attached hydrogen (secondary N) is 1. The molecule has 11 heavy (non-hydrogen) atoms. The van der Waals surface area contributed by atoms with Gasteiger partial charge in [0.25, 0.3) is 0 Å². The van der Waals surface area contributed by atoms with Gasteiger partial charge >= 0.3 is 5.70 Å². The minimum absolute atomic E-state index is 0.102. The molecule has 0 aromatic rings. The van der Waals surface area contributed by atoms with E-state index in [0.717, 1.165) is 0 Å². The van der Waals surface area contributed by atoms with Gasteiger partial charge in [0, 0.05) is 6.92 Å². The van der Waals surface area contributed by atoms with Crippen LogP contribution in [-0.4, -0.2) is 17.7 Å². The molecule has 0 saturated heterocycles. The second-order valence-corrected chi connectivity index (χ2v) is 1.99.